The molecule has 0 aromatic heterocycles. The van der Waals surface area contributed by atoms with Crippen LogP contribution in [0, 0.1) is 17.8 Å². The van der Waals surface area contributed by atoms with E-state index in [4.69, 9.17) is 4.74 Å². The van der Waals surface area contributed by atoms with Crippen molar-refractivity contribution in [2.75, 3.05) is 20.7 Å². The van der Waals surface area contributed by atoms with Gasteiger partial charge in [0.05, 0.1) is 12.7 Å². The third kappa shape index (κ3) is 2.96. The van der Waals surface area contributed by atoms with Crippen molar-refractivity contribution >= 4 is 21.8 Å². The van der Waals surface area contributed by atoms with E-state index in [-0.39, 0.29) is 5.91 Å². The second kappa shape index (κ2) is 5.99. The largest absolute Gasteiger partial charge is 0.496 e. The number of carbonyl (C=O) groups is 1. The number of methoxy groups -OCH3 is 1. The van der Waals surface area contributed by atoms with Crippen molar-refractivity contribution in [2.24, 2.45) is 17.8 Å². The van der Waals surface area contributed by atoms with Crippen LogP contribution in [-0.2, 0) is 0 Å². The smallest absolute Gasteiger partial charge is 0.257 e. The lowest BCUT2D eigenvalue weighted by Gasteiger charge is -2.27. The Morgan fingerprint density at radius 1 is 1.38 bits per heavy atom. The van der Waals surface area contributed by atoms with Gasteiger partial charge in [0.25, 0.3) is 5.91 Å². The molecule has 1 aromatic carbocycles. The van der Waals surface area contributed by atoms with Gasteiger partial charge in [-0.3, -0.25) is 4.79 Å². The van der Waals surface area contributed by atoms with Gasteiger partial charge in [0.1, 0.15) is 5.75 Å². The molecule has 0 aliphatic heterocycles. The Balaban J connectivity index is 1.70. The molecule has 4 heteroatoms. The second-order valence-electron chi connectivity index (χ2n) is 6.47. The van der Waals surface area contributed by atoms with Crippen molar-refractivity contribution < 1.29 is 9.53 Å². The molecule has 0 spiro atoms. The van der Waals surface area contributed by atoms with Gasteiger partial charge in [0.2, 0.25) is 0 Å². The summed E-state index contributed by atoms with van der Waals surface area (Å²) in [6, 6.07) is 5.57. The predicted octanol–water partition coefficient (Wildman–Crippen LogP) is 3.97. The summed E-state index contributed by atoms with van der Waals surface area (Å²) < 4.78 is 6.26. The SMILES string of the molecule is COc1cc(Br)ccc1C(=O)N(C)CC1CC2CCC1C2. The van der Waals surface area contributed by atoms with Gasteiger partial charge in [0, 0.05) is 18.1 Å². The molecule has 3 unspecified atom stereocenters. The van der Waals surface area contributed by atoms with Crippen LogP contribution in [0.5, 0.6) is 5.75 Å². The number of hydrogen-bond acceptors (Lipinski definition) is 2. The first-order chi connectivity index (χ1) is 10.1. The van der Waals surface area contributed by atoms with Crippen LogP contribution in [0.1, 0.15) is 36.0 Å². The monoisotopic (exact) mass is 351 g/mol. The minimum Gasteiger partial charge on any atom is -0.496 e. The third-order valence-electron chi connectivity index (χ3n) is 5.13. The van der Waals surface area contributed by atoms with Crippen LogP contribution >= 0.6 is 15.9 Å². The zero-order valence-electron chi connectivity index (χ0n) is 12.6. The van der Waals surface area contributed by atoms with E-state index in [1.807, 2.05) is 30.1 Å². The summed E-state index contributed by atoms with van der Waals surface area (Å²) in [5.74, 6) is 3.15. The van der Waals surface area contributed by atoms with Crippen LogP contribution in [-0.4, -0.2) is 31.5 Å². The van der Waals surface area contributed by atoms with E-state index in [2.05, 4.69) is 15.9 Å². The topological polar surface area (TPSA) is 29.5 Å². The van der Waals surface area contributed by atoms with Gasteiger partial charge in [-0.05, 0) is 55.2 Å². The number of ether oxygens (including phenoxy) is 1. The minimum absolute atomic E-state index is 0.0575. The van der Waals surface area contributed by atoms with Crippen molar-refractivity contribution in [2.45, 2.75) is 25.7 Å². The summed E-state index contributed by atoms with van der Waals surface area (Å²) in [7, 11) is 3.52. The molecule has 114 valence electrons. The quantitative estimate of drug-likeness (QED) is 0.821. The van der Waals surface area contributed by atoms with Gasteiger partial charge >= 0.3 is 0 Å². The number of nitrogens with zero attached hydrogens (tertiary/aromatic N) is 1. The fourth-order valence-electron chi connectivity index (χ4n) is 4.08. The number of benzene rings is 1. The van der Waals surface area contributed by atoms with E-state index in [0.29, 0.717) is 17.2 Å². The molecule has 0 saturated heterocycles. The van der Waals surface area contributed by atoms with Gasteiger partial charge in [-0.1, -0.05) is 22.4 Å². The van der Waals surface area contributed by atoms with Gasteiger partial charge in [-0.15, -0.1) is 0 Å². The van der Waals surface area contributed by atoms with Crippen molar-refractivity contribution in [3.63, 3.8) is 0 Å². The Kier molecular flexibility index (Phi) is 4.25. The van der Waals surface area contributed by atoms with E-state index in [1.54, 1.807) is 7.11 Å². The molecular weight excluding hydrogens is 330 g/mol. The van der Waals surface area contributed by atoms with Crippen molar-refractivity contribution in [3.8, 4) is 5.75 Å². The number of carbonyl (C=O) groups excluding carboxylic acids is 1. The molecule has 21 heavy (non-hydrogen) atoms. The van der Waals surface area contributed by atoms with Gasteiger partial charge in [0.15, 0.2) is 0 Å². The van der Waals surface area contributed by atoms with Crippen molar-refractivity contribution in [1.29, 1.82) is 0 Å². The number of rotatable bonds is 4. The maximum atomic E-state index is 12.7. The standard InChI is InChI=1S/C17H22BrNO2/c1-19(10-13-8-11-3-4-12(13)7-11)17(20)15-6-5-14(18)9-16(15)21-2/h5-6,9,11-13H,3-4,7-8,10H2,1-2H3. The zero-order chi connectivity index (χ0) is 15.0. The Bertz CT molecular complexity index is 546. The predicted molar refractivity (Wildman–Crippen MR) is 86.6 cm³/mol. The Hall–Kier alpha value is -1.03. The normalized spacial score (nSPS) is 26.9. The van der Waals surface area contributed by atoms with Crippen LogP contribution in [0.25, 0.3) is 0 Å². The average Bonchev–Trinajstić information content (AvgIpc) is 3.08. The van der Waals surface area contributed by atoms with E-state index in [1.165, 1.54) is 25.7 Å². The second-order valence-corrected chi connectivity index (χ2v) is 7.38. The molecule has 2 aliphatic carbocycles. The molecule has 3 nitrogen and oxygen atoms in total. The molecule has 3 rings (SSSR count). The lowest BCUT2D eigenvalue weighted by Crippen LogP contribution is -2.34. The van der Waals surface area contributed by atoms with E-state index < -0.39 is 0 Å². The van der Waals surface area contributed by atoms with Crippen molar-refractivity contribution in [3.05, 3.63) is 28.2 Å². The molecule has 0 N–H and O–H groups in total. The lowest BCUT2D eigenvalue weighted by molar-refractivity contribution is 0.0751. The summed E-state index contributed by atoms with van der Waals surface area (Å²) in [4.78, 5) is 14.5. The highest BCUT2D eigenvalue weighted by Gasteiger charge is 2.40. The molecule has 2 saturated carbocycles. The third-order valence-corrected chi connectivity index (χ3v) is 5.63. The first-order valence-corrected chi connectivity index (χ1v) is 8.46. The van der Waals surface area contributed by atoms with E-state index in [9.17, 15) is 4.79 Å². The summed E-state index contributed by atoms with van der Waals surface area (Å²) in [6.07, 6.45) is 5.45. The maximum Gasteiger partial charge on any atom is 0.257 e. The lowest BCUT2D eigenvalue weighted by atomic mass is 9.88. The highest BCUT2D eigenvalue weighted by atomic mass is 79.9. The summed E-state index contributed by atoms with van der Waals surface area (Å²) in [6.45, 7) is 0.874. The molecule has 1 amide bonds. The van der Waals surface area contributed by atoms with Gasteiger partial charge < -0.3 is 9.64 Å². The molecule has 2 fully saturated rings. The first-order valence-electron chi connectivity index (χ1n) is 7.67. The molecule has 2 bridgehead atoms. The number of amides is 1. The molecular formula is C17H22BrNO2. The Morgan fingerprint density at radius 3 is 2.81 bits per heavy atom. The fourth-order valence-corrected chi connectivity index (χ4v) is 4.42. The van der Waals surface area contributed by atoms with Crippen LogP contribution in [0.15, 0.2) is 22.7 Å². The first kappa shape index (κ1) is 14.9. The van der Waals surface area contributed by atoms with Gasteiger partial charge in [-0.2, -0.15) is 0 Å². The molecule has 0 radical (unpaired) electrons. The molecule has 1 aromatic rings. The van der Waals surface area contributed by atoms with Gasteiger partial charge in [-0.25, -0.2) is 0 Å². The highest BCUT2D eigenvalue weighted by molar-refractivity contribution is 9.10. The highest BCUT2D eigenvalue weighted by Crippen LogP contribution is 2.48. The van der Waals surface area contributed by atoms with Crippen LogP contribution < -0.4 is 4.74 Å². The number of halogens is 1. The summed E-state index contributed by atoms with van der Waals surface area (Å²) in [5, 5.41) is 0. The van der Waals surface area contributed by atoms with Crippen LogP contribution in [0.2, 0.25) is 0 Å². The van der Waals surface area contributed by atoms with Crippen LogP contribution in [0.3, 0.4) is 0 Å². The Morgan fingerprint density at radius 2 is 2.19 bits per heavy atom. The Labute approximate surface area is 134 Å². The summed E-state index contributed by atoms with van der Waals surface area (Å²) >= 11 is 3.41. The zero-order valence-corrected chi connectivity index (χ0v) is 14.2. The number of fused-ring (bicyclic) bond motifs is 2. The van der Waals surface area contributed by atoms with Crippen molar-refractivity contribution in [1.82, 2.24) is 4.90 Å². The maximum absolute atomic E-state index is 12.7. The van der Waals surface area contributed by atoms with E-state index >= 15 is 0 Å². The molecule has 0 heterocycles. The fraction of sp³-hybridized carbons (Fsp3) is 0.588. The van der Waals surface area contributed by atoms with Crippen LogP contribution in [0.4, 0.5) is 0 Å². The molecule has 2 aliphatic rings. The summed E-state index contributed by atoms with van der Waals surface area (Å²) in [5.41, 5.74) is 0.645. The minimum atomic E-state index is 0.0575. The molecule has 3 atom stereocenters. The number of hydrogen-bond donors (Lipinski definition) is 0. The van der Waals surface area contributed by atoms with E-state index in [0.717, 1.165) is 22.9 Å². The average molecular weight is 352 g/mol.